The Balaban J connectivity index is 2.22. The van der Waals surface area contributed by atoms with Crippen LogP contribution in [0.1, 0.15) is 0 Å². The van der Waals surface area contributed by atoms with E-state index in [-0.39, 0.29) is 18.1 Å². The van der Waals surface area contributed by atoms with Crippen LogP contribution < -0.4 is 20.1 Å². The van der Waals surface area contributed by atoms with Gasteiger partial charge in [-0.05, 0) is 0 Å². The number of aromatic nitrogens is 3. The minimum atomic E-state index is 0.193. The highest BCUT2D eigenvalue weighted by Gasteiger charge is 2.26. The van der Waals surface area contributed by atoms with Crippen molar-refractivity contribution in [1.29, 1.82) is 0 Å². The van der Waals surface area contributed by atoms with E-state index in [1.807, 2.05) is 4.90 Å². The summed E-state index contributed by atoms with van der Waals surface area (Å²) in [6.07, 6.45) is 0. The summed E-state index contributed by atoms with van der Waals surface area (Å²) in [5.74, 6) is 0.542. The number of hydrogen-bond donors (Lipinski definition) is 1. The monoisotopic (exact) mass is 211 g/mol. The predicted octanol–water partition coefficient (Wildman–Crippen LogP) is -0.964. The third-order valence-corrected chi connectivity index (χ3v) is 2.14. The summed E-state index contributed by atoms with van der Waals surface area (Å²) < 4.78 is 9.89. The molecule has 1 aromatic rings. The van der Waals surface area contributed by atoms with E-state index in [1.165, 1.54) is 14.2 Å². The van der Waals surface area contributed by atoms with Gasteiger partial charge in [0.15, 0.2) is 0 Å². The quantitative estimate of drug-likeness (QED) is 0.688. The average Bonchev–Trinajstić information content (AvgIpc) is 2.24. The van der Waals surface area contributed by atoms with Crippen LogP contribution in [0.2, 0.25) is 0 Å². The molecule has 0 saturated carbocycles. The van der Waals surface area contributed by atoms with Crippen molar-refractivity contribution in [2.75, 3.05) is 32.2 Å². The molecule has 1 aromatic heterocycles. The summed E-state index contributed by atoms with van der Waals surface area (Å²) in [6.45, 7) is 1.49. The summed E-state index contributed by atoms with van der Waals surface area (Å²) in [7, 11) is 3.00. The first-order chi connectivity index (χ1) is 7.22. The van der Waals surface area contributed by atoms with Crippen molar-refractivity contribution in [3.05, 3.63) is 0 Å². The van der Waals surface area contributed by atoms with Crippen LogP contribution in [0.25, 0.3) is 0 Å². The molecular weight excluding hydrogens is 198 g/mol. The molecule has 7 nitrogen and oxygen atoms in total. The molecule has 2 heterocycles. The first kappa shape index (κ1) is 9.91. The molecule has 0 aliphatic carbocycles. The van der Waals surface area contributed by atoms with Crippen LogP contribution >= 0.6 is 0 Å². The van der Waals surface area contributed by atoms with Gasteiger partial charge in [-0.15, -0.1) is 4.98 Å². The topological polar surface area (TPSA) is 86.4 Å². The molecule has 2 rings (SSSR count). The van der Waals surface area contributed by atoms with Gasteiger partial charge in [0.2, 0.25) is 5.95 Å². The summed E-state index contributed by atoms with van der Waals surface area (Å²) in [4.78, 5) is 14.1. The van der Waals surface area contributed by atoms with Gasteiger partial charge in [0, 0.05) is 19.1 Å². The van der Waals surface area contributed by atoms with Crippen molar-refractivity contribution in [2.24, 2.45) is 5.73 Å². The summed E-state index contributed by atoms with van der Waals surface area (Å²) in [5, 5.41) is 0. The van der Waals surface area contributed by atoms with Gasteiger partial charge in [-0.1, -0.05) is 0 Å². The molecule has 1 aliphatic rings. The van der Waals surface area contributed by atoms with Crippen molar-refractivity contribution in [2.45, 2.75) is 6.04 Å². The van der Waals surface area contributed by atoms with Crippen LogP contribution in [-0.2, 0) is 0 Å². The second-order valence-electron chi connectivity index (χ2n) is 3.27. The van der Waals surface area contributed by atoms with E-state index in [2.05, 4.69) is 15.0 Å². The lowest BCUT2D eigenvalue weighted by molar-refractivity contribution is 0.338. The Morgan fingerprint density at radius 3 is 2.07 bits per heavy atom. The molecule has 82 valence electrons. The van der Waals surface area contributed by atoms with Gasteiger partial charge in [-0.3, -0.25) is 0 Å². The van der Waals surface area contributed by atoms with E-state index in [4.69, 9.17) is 15.2 Å². The number of ether oxygens (including phenoxy) is 2. The van der Waals surface area contributed by atoms with E-state index >= 15 is 0 Å². The van der Waals surface area contributed by atoms with Gasteiger partial charge in [0.1, 0.15) is 0 Å². The molecule has 0 aromatic carbocycles. The van der Waals surface area contributed by atoms with Crippen LogP contribution in [0, 0.1) is 0 Å². The largest absolute Gasteiger partial charge is 0.467 e. The van der Waals surface area contributed by atoms with Crippen molar-refractivity contribution >= 4 is 5.95 Å². The Labute approximate surface area is 87.2 Å². The predicted molar refractivity (Wildman–Crippen MR) is 53.1 cm³/mol. The van der Waals surface area contributed by atoms with E-state index in [0.29, 0.717) is 5.95 Å². The van der Waals surface area contributed by atoms with Crippen LogP contribution in [-0.4, -0.2) is 48.3 Å². The highest BCUT2D eigenvalue weighted by atomic mass is 16.5. The molecule has 2 N–H and O–H groups in total. The maximum absolute atomic E-state index is 5.67. The fourth-order valence-electron chi connectivity index (χ4n) is 1.33. The Bertz CT molecular complexity index is 331. The van der Waals surface area contributed by atoms with Crippen LogP contribution in [0.5, 0.6) is 12.0 Å². The van der Waals surface area contributed by atoms with Gasteiger partial charge in [-0.2, -0.15) is 9.97 Å². The maximum atomic E-state index is 5.67. The van der Waals surface area contributed by atoms with Crippen molar-refractivity contribution in [3.8, 4) is 12.0 Å². The van der Waals surface area contributed by atoms with Gasteiger partial charge in [-0.25, -0.2) is 0 Å². The molecular formula is C8H13N5O2. The Morgan fingerprint density at radius 2 is 1.67 bits per heavy atom. The first-order valence-electron chi connectivity index (χ1n) is 4.57. The second kappa shape index (κ2) is 3.85. The Kier molecular flexibility index (Phi) is 2.55. The van der Waals surface area contributed by atoms with E-state index in [9.17, 15) is 0 Å². The third-order valence-electron chi connectivity index (χ3n) is 2.14. The lowest BCUT2D eigenvalue weighted by atomic mass is 10.1. The first-order valence-corrected chi connectivity index (χ1v) is 4.57. The highest BCUT2D eigenvalue weighted by molar-refractivity contribution is 5.36. The lowest BCUT2D eigenvalue weighted by Crippen LogP contribution is -2.56. The third kappa shape index (κ3) is 1.91. The molecule has 0 radical (unpaired) electrons. The molecule has 1 aliphatic heterocycles. The second-order valence-corrected chi connectivity index (χ2v) is 3.27. The summed E-state index contributed by atoms with van der Waals surface area (Å²) >= 11 is 0. The molecule has 0 amide bonds. The zero-order chi connectivity index (χ0) is 10.8. The van der Waals surface area contributed by atoms with Crippen LogP contribution in [0.15, 0.2) is 0 Å². The fourth-order valence-corrected chi connectivity index (χ4v) is 1.33. The minimum absolute atomic E-state index is 0.193. The Hall–Kier alpha value is -1.63. The van der Waals surface area contributed by atoms with Gasteiger partial charge in [0.25, 0.3) is 0 Å². The van der Waals surface area contributed by atoms with Crippen molar-refractivity contribution < 1.29 is 9.47 Å². The van der Waals surface area contributed by atoms with Gasteiger partial charge < -0.3 is 20.1 Å². The number of nitrogens with zero attached hydrogens (tertiary/aromatic N) is 4. The molecule has 1 fully saturated rings. The SMILES string of the molecule is COc1nc(OC)nc(N2CC(N)C2)n1. The van der Waals surface area contributed by atoms with E-state index in [1.54, 1.807) is 0 Å². The Morgan fingerprint density at radius 1 is 1.13 bits per heavy atom. The number of anilines is 1. The van der Waals surface area contributed by atoms with Crippen molar-refractivity contribution in [3.63, 3.8) is 0 Å². The van der Waals surface area contributed by atoms with E-state index in [0.717, 1.165) is 13.1 Å². The molecule has 15 heavy (non-hydrogen) atoms. The zero-order valence-corrected chi connectivity index (χ0v) is 8.67. The number of rotatable bonds is 3. The lowest BCUT2D eigenvalue weighted by Gasteiger charge is -2.36. The molecule has 0 spiro atoms. The molecule has 1 saturated heterocycles. The molecule has 0 atom stereocenters. The minimum Gasteiger partial charge on any atom is -0.467 e. The smallest absolute Gasteiger partial charge is 0.324 e. The normalized spacial score (nSPS) is 16.1. The summed E-state index contributed by atoms with van der Waals surface area (Å²) in [6, 6.07) is 0.688. The average molecular weight is 211 g/mol. The van der Waals surface area contributed by atoms with Gasteiger partial charge in [0.05, 0.1) is 14.2 Å². The molecule has 0 bridgehead atoms. The van der Waals surface area contributed by atoms with E-state index < -0.39 is 0 Å². The highest BCUT2D eigenvalue weighted by Crippen LogP contribution is 2.19. The number of hydrogen-bond acceptors (Lipinski definition) is 7. The summed E-state index contributed by atoms with van der Waals surface area (Å²) in [5.41, 5.74) is 5.67. The molecule has 7 heteroatoms. The standard InChI is InChI=1S/C8H13N5O2/c1-14-7-10-6(11-8(12-7)15-2)13-3-5(9)4-13/h5H,3-4,9H2,1-2H3. The van der Waals surface area contributed by atoms with Gasteiger partial charge >= 0.3 is 12.0 Å². The van der Waals surface area contributed by atoms with Crippen molar-refractivity contribution in [1.82, 2.24) is 15.0 Å². The molecule has 0 unspecified atom stereocenters. The van der Waals surface area contributed by atoms with Crippen LogP contribution in [0.4, 0.5) is 5.95 Å². The number of nitrogens with two attached hydrogens (primary N) is 1. The maximum Gasteiger partial charge on any atom is 0.324 e. The van der Waals surface area contributed by atoms with Crippen LogP contribution in [0.3, 0.4) is 0 Å². The fraction of sp³-hybridized carbons (Fsp3) is 0.625. The number of methoxy groups -OCH3 is 2. The zero-order valence-electron chi connectivity index (χ0n) is 8.67.